The van der Waals surface area contributed by atoms with Gasteiger partial charge in [0.15, 0.2) is 0 Å². The number of methoxy groups -OCH3 is 1. The monoisotopic (exact) mass is 398 g/mol. The summed E-state index contributed by atoms with van der Waals surface area (Å²) in [5.74, 6) is 1.13. The normalized spacial score (nSPS) is 16.0. The molecule has 0 saturated heterocycles. The molecule has 2 heterocycles. The van der Waals surface area contributed by atoms with Gasteiger partial charge in [0.05, 0.1) is 18.1 Å². The molecule has 0 fully saturated rings. The number of thiophene rings is 1. The molecule has 3 aromatic rings. The van der Waals surface area contributed by atoms with E-state index in [0.717, 1.165) is 35.2 Å². The summed E-state index contributed by atoms with van der Waals surface area (Å²) in [5.41, 5.74) is 2.32. The molecule has 0 radical (unpaired) electrons. The first kappa shape index (κ1) is 18.7. The van der Waals surface area contributed by atoms with Crippen molar-refractivity contribution in [1.82, 2.24) is 9.97 Å². The predicted octanol–water partition coefficient (Wildman–Crippen LogP) is 3.78. The fourth-order valence-corrected chi connectivity index (χ4v) is 5.03. The minimum absolute atomic E-state index is 0.0842. The van der Waals surface area contributed by atoms with Crippen LogP contribution in [0.15, 0.2) is 23.0 Å². The maximum atomic E-state index is 12.6. The van der Waals surface area contributed by atoms with Gasteiger partial charge in [-0.15, -0.1) is 11.3 Å². The van der Waals surface area contributed by atoms with Crippen molar-refractivity contribution in [3.63, 3.8) is 0 Å². The van der Waals surface area contributed by atoms with Crippen LogP contribution in [-0.4, -0.2) is 23.0 Å². The van der Waals surface area contributed by atoms with E-state index in [1.165, 1.54) is 4.88 Å². The van der Waals surface area contributed by atoms with Crippen LogP contribution in [0.25, 0.3) is 10.2 Å². The SMILES string of the molecule is COc1cc(C(=O)OCc2nc3sc4c(c3c(=O)[nH]2)CC[C@@H](C)C4)ccc1C. The van der Waals surface area contributed by atoms with Gasteiger partial charge in [0.1, 0.15) is 23.0 Å². The maximum absolute atomic E-state index is 12.6. The molecule has 28 heavy (non-hydrogen) atoms. The lowest BCUT2D eigenvalue weighted by atomic mass is 9.89. The third-order valence-electron chi connectivity index (χ3n) is 5.20. The Hall–Kier alpha value is -2.67. The lowest BCUT2D eigenvalue weighted by molar-refractivity contribution is 0.0462. The number of esters is 1. The molecule has 0 bridgehead atoms. The molecule has 1 aliphatic rings. The average Bonchev–Trinajstić information content (AvgIpc) is 3.04. The van der Waals surface area contributed by atoms with Crippen LogP contribution < -0.4 is 10.3 Å². The third kappa shape index (κ3) is 3.42. The Labute approximate surface area is 166 Å². The number of aromatic nitrogens is 2. The first-order chi connectivity index (χ1) is 13.5. The average molecular weight is 398 g/mol. The summed E-state index contributed by atoms with van der Waals surface area (Å²) in [4.78, 5) is 34.2. The van der Waals surface area contributed by atoms with E-state index in [1.807, 2.05) is 6.92 Å². The molecule has 7 heteroatoms. The fraction of sp³-hybridized carbons (Fsp3) is 0.381. The third-order valence-corrected chi connectivity index (χ3v) is 6.35. The zero-order valence-corrected chi connectivity index (χ0v) is 16.9. The lowest BCUT2D eigenvalue weighted by Gasteiger charge is -2.17. The van der Waals surface area contributed by atoms with E-state index in [0.29, 0.717) is 28.4 Å². The molecule has 146 valence electrons. The first-order valence-electron chi connectivity index (χ1n) is 9.31. The number of aromatic amines is 1. The number of aryl methyl sites for hydroxylation is 2. The van der Waals surface area contributed by atoms with Crippen molar-refractivity contribution in [2.75, 3.05) is 7.11 Å². The Morgan fingerprint density at radius 3 is 3.00 bits per heavy atom. The Kier molecular flexibility index (Phi) is 4.93. The number of H-pyrrole nitrogens is 1. The van der Waals surface area contributed by atoms with E-state index in [9.17, 15) is 9.59 Å². The molecule has 1 N–H and O–H groups in total. The predicted molar refractivity (Wildman–Crippen MR) is 108 cm³/mol. The standard InChI is InChI=1S/C21H22N2O4S/c1-11-4-7-14-16(8-11)28-20-18(14)19(24)22-17(23-20)10-27-21(25)13-6-5-12(2)15(9-13)26-3/h5-6,9,11H,4,7-8,10H2,1-3H3,(H,22,23,24)/t11-/m1/s1. The fourth-order valence-electron chi connectivity index (χ4n) is 3.63. The summed E-state index contributed by atoms with van der Waals surface area (Å²) in [6.07, 6.45) is 3.01. The number of fused-ring (bicyclic) bond motifs is 3. The zero-order chi connectivity index (χ0) is 19.8. The summed E-state index contributed by atoms with van der Waals surface area (Å²) in [6.45, 7) is 4.05. The van der Waals surface area contributed by atoms with E-state index in [4.69, 9.17) is 9.47 Å². The van der Waals surface area contributed by atoms with E-state index < -0.39 is 5.97 Å². The van der Waals surface area contributed by atoms with Crippen LogP contribution in [0, 0.1) is 12.8 Å². The van der Waals surface area contributed by atoms with Crippen LogP contribution in [0.4, 0.5) is 0 Å². The van der Waals surface area contributed by atoms with Gasteiger partial charge in [0.2, 0.25) is 0 Å². The summed E-state index contributed by atoms with van der Waals surface area (Å²) in [6, 6.07) is 5.14. The van der Waals surface area contributed by atoms with Crippen LogP contribution >= 0.6 is 11.3 Å². The van der Waals surface area contributed by atoms with Gasteiger partial charge in [-0.05, 0) is 55.4 Å². The number of rotatable bonds is 4. The highest BCUT2D eigenvalue weighted by atomic mass is 32.1. The minimum Gasteiger partial charge on any atom is -0.496 e. The van der Waals surface area contributed by atoms with Crippen molar-refractivity contribution < 1.29 is 14.3 Å². The highest BCUT2D eigenvalue weighted by molar-refractivity contribution is 7.18. The van der Waals surface area contributed by atoms with Crippen LogP contribution in [0.3, 0.4) is 0 Å². The molecule has 0 saturated carbocycles. The Morgan fingerprint density at radius 1 is 1.39 bits per heavy atom. The first-order valence-corrected chi connectivity index (χ1v) is 10.1. The number of carbonyl (C=O) groups excluding carboxylic acids is 1. The van der Waals surface area contributed by atoms with Gasteiger partial charge in [-0.3, -0.25) is 4.79 Å². The van der Waals surface area contributed by atoms with Crippen molar-refractivity contribution in [3.8, 4) is 5.75 Å². The second-order valence-electron chi connectivity index (χ2n) is 7.31. The van der Waals surface area contributed by atoms with E-state index in [-0.39, 0.29) is 12.2 Å². The molecular weight excluding hydrogens is 376 g/mol. The molecule has 0 amide bonds. The summed E-state index contributed by atoms with van der Waals surface area (Å²) >= 11 is 1.58. The number of carbonyl (C=O) groups is 1. The molecule has 1 atom stereocenters. The Balaban J connectivity index is 1.55. The topological polar surface area (TPSA) is 81.3 Å². The van der Waals surface area contributed by atoms with Crippen LogP contribution in [-0.2, 0) is 24.2 Å². The molecule has 6 nitrogen and oxygen atoms in total. The largest absolute Gasteiger partial charge is 0.496 e. The van der Waals surface area contributed by atoms with Crippen molar-refractivity contribution in [2.24, 2.45) is 5.92 Å². The minimum atomic E-state index is -0.486. The second-order valence-corrected chi connectivity index (χ2v) is 8.39. The summed E-state index contributed by atoms with van der Waals surface area (Å²) in [5, 5.41) is 0.699. The molecule has 0 aliphatic heterocycles. The number of hydrogen-bond acceptors (Lipinski definition) is 6. The Morgan fingerprint density at radius 2 is 2.21 bits per heavy atom. The molecule has 2 aromatic heterocycles. The van der Waals surface area contributed by atoms with Crippen molar-refractivity contribution in [1.29, 1.82) is 0 Å². The van der Waals surface area contributed by atoms with Gasteiger partial charge in [-0.25, -0.2) is 9.78 Å². The van der Waals surface area contributed by atoms with Crippen LogP contribution in [0.1, 0.15) is 45.5 Å². The van der Waals surface area contributed by atoms with Crippen molar-refractivity contribution in [3.05, 3.63) is 55.9 Å². The van der Waals surface area contributed by atoms with E-state index >= 15 is 0 Å². The smallest absolute Gasteiger partial charge is 0.338 e. The highest BCUT2D eigenvalue weighted by Gasteiger charge is 2.23. The molecule has 0 unspecified atom stereocenters. The molecule has 1 aromatic carbocycles. The van der Waals surface area contributed by atoms with Crippen LogP contribution in [0.5, 0.6) is 5.75 Å². The molecule has 1 aliphatic carbocycles. The second kappa shape index (κ2) is 7.39. The lowest BCUT2D eigenvalue weighted by Crippen LogP contribution is -2.16. The summed E-state index contributed by atoms with van der Waals surface area (Å²) in [7, 11) is 1.56. The van der Waals surface area contributed by atoms with E-state index in [1.54, 1.807) is 36.6 Å². The van der Waals surface area contributed by atoms with Gasteiger partial charge in [0, 0.05) is 4.88 Å². The zero-order valence-electron chi connectivity index (χ0n) is 16.1. The number of benzene rings is 1. The maximum Gasteiger partial charge on any atom is 0.338 e. The number of nitrogens with zero attached hydrogens (tertiary/aromatic N) is 1. The Bertz CT molecular complexity index is 1120. The van der Waals surface area contributed by atoms with Gasteiger partial charge in [0.25, 0.3) is 5.56 Å². The van der Waals surface area contributed by atoms with Crippen molar-refractivity contribution in [2.45, 2.75) is 39.7 Å². The number of nitrogens with one attached hydrogen (secondary N) is 1. The quantitative estimate of drug-likeness (QED) is 0.677. The number of hydrogen-bond donors (Lipinski definition) is 1. The van der Waals surface area contributed by atoms with Gasteiger partial charge < -0.3 is 14.5 Å². The van der Waals surface area contributed by atoms with Gasteiger partial charge in [-0.1, -0.05) is 13.0 Å². The van der Waals surface area contributed by atoms with E-state index in [2.05, 4.69) is 16.9 Å². The highest BCUT2D eigenvalue weighted by Crippen LogP contribution is 2.35. The van der Waals surface area contributed by atoms with Crippen LogP contribution in [0.2, 0.25) is 0 Å². The molecule has 0 spiro atoms. The van der Waals surface area contributed by atoms with Gasteiger partial charge in [-0.2, -0.15) is 0 Å². The van der Waals surface area contributed by atoms with Gasteiger partial charge >= 0.3 is 5.97 Å². The van der Waals surface area contributed by atoms with Crippen molar-refractivity contribution >= 4 is 27.5 Å². The molecule has 4 rings (SSSR count). The summed E-state index contributed by atoms with van der Waals surface area (Å²) < 4.78 is 10.6. The molecular formula is C21H22N2O4S. The number of ether oxygens (including phenoxy) is 2.